The van der Waals surface area contributed by atoms with E-state index in [9.17, 15) is 0 Å². The molecule has 3 aliphatic heterocycles. The maximum Gasteiger partial charge on any atom is 0.147 e. The zero-order valence-corrected chi connectivity index (χ0v) is 10.9. The third kappa shape index (κ3) is 1.35. The Morgan fingerprint density at radius 2 is 2.28 bits per heavy atom. The topological polar surface area (TPSA) is 32.3 Å². The average molecular weight is 244 g/mol. The van der Waals surface area contributed by atoms with Crippen LogP contribution in [-0.2, 0) is 0 Å². The van der Waals surface area contributed by atoms with Crippen LogP contribution in [0.4, 0.5) is 5.82 Å². The zero-order valence-electron chi connectivity index (χ0n) is 10.9. The van der Waals surface area contributed by atoms with Gasteiger partial charge < -0.3 is 4.90 Å². The summed E-state index contributed by atoms with van der Waals surface area (Å²) in [6.07, 6.45) is 11.0. The van der Waals surface area contributed by atoms with Crippen LogP contribution in [0.3, 0.4) is 0 Å². The second-order valence-electron chi connectivity index (χ2n) is 6.21. The number of rotatable bonds is 1. The quantitative estimate of drug-likeness (QED) is 0.750. The molecule has 1 aromatic heterocycles. The molecule has 0 amide bonds. The molecule has 4 heterocycles. The van der Waals surface area contributed by atoms with Gasteiger partial charge in [0.05, 0.1) is 6.20 Å². The monoisotopic (exact) mass is 244 g/mol. The molecule has 18 heavy (non-hydrogen) atoms. The molecule has 4 rings (SSSR count). The highest BCUT2D eigenvalue weighted by Crippen LogP contribution is 2.53. The van der Waals surface area contributed by atoms with Crippen molar-refractivity contribution in [2.24, 2.45) is 5.41 Å². The maximum atomic E-state index is 4.45. The van der Waals surface area contributed by atoms with Crippen LogP contribution in [0, 0.1) is 5.41 Å². The summed E-state index contributed by atoms with van der Waals surface area (Å²) in [7, 11) is 2.32. The van der Waals surface area contributed by atoms with Crippen LogP contribution < -0.4 is 4.90 Å². The molecule has 0 saturated carbocycles. The molecule has 3 saturated heterocycles. The first-order chi connectivity index (χ1) is 8.78. The van der Waals surface area contributed by atoms with Gasteiger partial charge in [0.1, 0.15) is 5.82 Å². The highest BCUT2D eigenvalue weighted by Gasteiger charge is 2.56. The van der Waals surface area contributed by atoms with Crippen molar-refractivity contribution in [3.63, 3.8) is 0 Å². The SMILES string of the molecule is CN1C2CCC1C1(CCN(c3cnccn3)C1)C2. The summed E-state index contributed by atoms with van der Waals surface area (Å²) in [5.74, 6) is 1.06. The highest BCUT2D eigenvalue weighted by atomic mass is 15.3. The third-order valence-corrected chi connectivity index (χ3v) is 5.45. The Kier molecular flexibility index (Phi) is 2.19. The second kappa shape index (κ2) is 3.67. The van der Waals surface area contributed by atoms with Gasteiger partial charge in [-0.2, -0.15) is 0 Å². The minimum Gasteiger partial charge on any atom is -0.355 e. The number of anilines is 1. The van der Waals surface area contributed by atoms with E-state index in [0.717, 1.165) is 24.4 Å². The van der Waals surface area contributed by atoms with E-state index < -0.39 is 0 Å². The normalized spacial score (nSPS) is 39.1. The summed E-state index contributed by atoms with van der Waals surface area (Å²) in [4.78, 5) is 13.7. The van der Waals surface area contributed by atoms with Gasteiger partial charge in [0.2, 0.25) is 0 Å². The largest absolute Gasteiger partial charge is 0.355 e. The zero-order chi connectivity index (χ0) is 12.2. The molecular weight excluding hydrogens is 224 g/mol. The molecule has 3 fully saturated rings. The Hall–Kier alpha value is -1.16. The van der Waals surface area contributed by atoms with Gasteiger partial charge in [-0.25, -0.2) is 4.98 Å². The van der Waals surface area contributed by atoms with Crippen LogP contribution in [-0.4, -0.2) is 47.1 Å². The van der Waals surface area contributed by atoms with Crippen molar-refractivity contribution in [2.45, 2.75) is 37.8 Å². The lowest BCUT2D eigenvalue weighted by Crippen LogP contribution is -2.38. The van der Waals surface area contributed by atoms with Gasteiger partial charge in [0.25, 0.3) is 0 Å². The van der Waals surface area contributed by atoms with Crippen molar-refractivity contribution in [1.29, 1.82) is 0 Å². The van der Waals surface area contributed by atoms with Crippen LogP contribution in [0.2, 0.25) is 0 Å². The van der Waals surface area contributed by atoms with Crippen LogP contribution >= 0.6 is 0 Å². The molecular formula is C14H20N4. The molecule has 3 unspecified atom stereocenters. The Bertz CT molecular complexity index is 448. The van der Waals surface area contributed by atoms with Crippen molar-refractivity contribution < 1.29 is 0 Å². The third-order valence-electron chi connectivity index (χ3n) is 5.45. The lowest BCUT2D eigenvalue weighted by molar-refractivity contribution is 0.207. The van der Waals surface area contributed by atoms with Gasteiger partial charge in [-0.1, -0.05) is 0 Å². The fourth-order valence-electron chi connectivity index (χ4n) is 4.59. The Morgan fingerprint density at radius 3 is 2.94 bits per heavy atom. The molecule has 96 valence electrons. The van der Waals surface area contributed by atoms with Crippen molar-refractivity contribution in [1.82, 2.24) is 14.9 Å². The van der Waals surface area contributed by atoms with E-state index in [4.69, 9.17) is 0 Å². The molecule has 2 bridgehead atoms. The Labute approximate surface area is 108 Å². The molecule has 0 aliphatic carbocycles. The fraction of sp³-hybridized carbons (Fsp3) is 0.714. The van der Waals surface area contributed by atoms with E-state index in [0.29, 0.717) is 5.41 Å². The van der Waals surface area contributed by atoms with E-state index in [1.807, 2.05) is 6.20 Å². The lowest BCUT2D eigenvalue weighted by atomic mass is 9.73. The van der Waals surface area contributed by atoms with E-state index in [2.05, 4.69) is 26.8 Å². The molecule has 1 aromatic rings. The van der Waals surface area contributed by atoms with Crippen molar-refractivity contribution >= 4 is 5.82 Å². The molecule has 0 aromatic carbocycles. The fourth-order valence-corrected chi connectivity index (χ4v) is 4.59. The standard InChI is InChI=1S/C14H20N4/c1-17-11-2-3-12(17)14(8-11)4-7-18(10-14)13-9-15-5-6-16-13/h5-6,9,11-12H,2-4,7-8,10H2,1H3. The van der Waals surface area contributed by atoms with Gasteiger partial charge in [-0.05, 0) is 32.7 Å². The molecule has 0 N–H and O–H groups in total. The molecule has 3 atom stereocenters. The van der Waals surface area contributed by atoms with E-state index in [1.165, 1.54) is 32.2 Å². The summed E-state index contributed by atoms with van der Waals surface area (Å²) in [5.41, 5.74) is 0.537. The van der Waals surface area contributed by atoms with Crippen LogP contribution in [0.25, 0.3) is 0 Å². The molecule has 4 nitrogen and oxygen atoms in total. The minimum absolute atomic E-state index is 0.537. The summed E-state index contributed by atoms with van der Waals surface area (Å²) >= 11 is 0. The smallest absolute Gasteiger partial charge is 0.147 e. The minimum atomic E-state index is 0.537. The average Bonchev–Trinajstić information content (AvgIpc) is 3.05. The van der Waals surface area contributed by atoms with Gasteiger partial charge >= 0.3 is 0 Å². The van der Waals surface area contributed by atoms with Crippen LogP contribution in [0.1, 0.15) is 25.7 Å². The lowest BCUT2D eigenvalue weighted by Gasteiger charge is -2.33. The molecule has 1 spiro atoms. The summed E-state index contributed by atoms with van der Waals surface area (Å²) in [6.45, 7) is 2.33. The first kappa shape index (κ1) is 10.7. The number of aromatic nitrogens is 2. The summed E-state index contributed by atoms with van der Waals surface area (Å²) < 4.78 is 0. The number of nitrogens with zero attached hydrogens (tertiary/aromatic N) is 4. The van der Waals surface area contributed by atoms with E-state index in [1.54, 1.807) is 12.4 Å². The van der Waals surface area contributed by atoms with Crippen molar-refractivity contribution in [3.05, 3.63) is 18.6 Å². The Morgan fingerprint density at radius 1 is 1.33 bits per heavy atom. The van der Waals surface area contributed by atoms with Crippen LogP contribution in [0.15, 0.2) is 18.6 Å². The van der Waals surface area contributed by atoms with Crippen molar-refractivity contribution in [2.75, 3.05) is 25.0 Å². The van der Waals surface area contributed by atoms with Gasteiger partial charge in [-0.15, -0.1) is 0 Å². The van der Waals surface area contributed by atoms with Gasteiger partial charge in [0, 0.05) is 43.0 Å². The van der Waals surface area contributed by atoms with Crippen molar-refractivity contribution in [3.8, 4) is 0 Å². The highest BCUT2D eigenvalue weighted by molar-refractivity contribution is 5.38. The number of hydrogen-bond donors (Lipinski definition) is 0. The predicted octanol–water partition coefficient (Wildman–Crippen LogP) is 1.54. The van der Waals surface area contributed by atoms with Gasteiger partial charge in [-0.3, -0.25) is 9.88 Å². The molecule has 4 heteroatoms. The first-order valence-corrected chi connectivity index (χ1v) is 7.01. The van der Waals surface area contributed by atoms with E-state index >= 15 is 0 Å². The van der Waals surface area contributed by atoms with Gasteiger partial charge in [0.15, 0.2) is 0 Å². The molecule has 0 radical (unpaired) electrons. The maximum absolute atomic E-state index is 4.45. The second-order valence-corrected chi connectivity index (χ2v) is 6.21. The predicted molar refractivity (Wildman–Crippen MR) is 70.5 cm³/mol. The number of hydrogen-bond acceptors (Lipinski definition) is 4. The molecule has 3 aliphatic rings. The first-order valence-electron chi connectivity index (χ1n) is 7.01. The Balaban J connectivity index is 1.58. The summed E-state index contributed by atoms with van der Waals surface area (Å²) in [5, 5.41) is 0. The number of fused-ring (bicyclic) bond motifs is 3. The summed E-state index contributed by atoms with van der Waals surface area (Å²) in [6, 6.07) is 1.65. The van der Waals surface area contributed by atoms with Crippen LogP contribution in [0.5, 0.6) is 0 Å². The van der Waals surface area contributed by atoms with E-state index in [-0.39, 0.29) is 0 Å².